The third-order valence-electron chi connectivity index (χ3n) is 3.22. The Balaban J connectivity index is 1.92. The summed E-state index contributed by atoms with van der Waals surface area (Å²) >= 11 is 0. The van der Waals surface area contributed by atoms with Crippen molar-refractivity contribution in [3.63, 3.8) is 0 Å². The van der Waals surface area contributed by atoms with E-state index in [9.17, 15) is 9.59 Å². The van der Waals surface area contributed by atoms with Crippen molar-refractivity contribution in [1.82, 2.24) is 20.6 Å². The van der Waals surface area contributed by atoms with Crippen molar-refractivity contribution < 1.29 is 14.7 Å². The van der Waals surface area contributed by atoms with Crippen molar-refractivity contribution in [2.45, 2.75) is 37.8 Å². The molecule has 0 aliphatic carbocycles. The zero-order valence-electron chi connectivity index (χ0n) is 10.6. The van der Waals surface area contributed by atoms with Crippen molar-refractivity contribution in [1.29, 1.82) is 0 Å². The zero-order valence-corrected chi connectivity index (χ0v) is 10.6. The maximum Gasteiger partial charge on any atom is 0.326 e. The van der Waals surface area contributed by atoms with Gasteiger partial charge in [-0.25, -0.2) is 9.78 Å². The molecule has 4 N–H and O–H groups in total. The van der Waals surface area contributed by atoms with Crippen molar-refractivity contribution in [2.24, 2.45) is 0 Å². The number of aromatic amines is 1. The maximum absolute atomic E-state index is 12.0. The normalized spacial score (nSPS) is 20.7. The van der Waals surface area contributed by atoms with Gasteiger partial charge in [-0.3, -0.25) is 4.79 Å². The Morgan fingerprint density at radius 3 is 2.95 bits per heavy atom. The average Bonchev–Trinajstić information content (AvgIpc) is 2.91. The first kappa shape index (κ1) is 13.5. The van der Waals surface area contributed by atoms with Crippen LogP contribution in [0, 0.1) is 0 Å². The number of carboxylic acids is 1. The minimum atomic E-state index is -1.04. The molecule has 1 aromatic heterocycles. The first-order valence-corrected chi connectivity index (χ1v) is 6.40. The number of piperidine rings is 1. The number of hydrogen-bond donors (Lipinski definition) is 4. The van der Waals surface area contributed by atoms with Gasteiger partial charge in [-0.15, -0.1) is 0 Å². The molecule has 1 fully saturated rings. The van der Waals surface area contributed by atoms with Gasteiger partial charge in [-0.2, -0.15) is 0 Å². The Morgan fingerprint density at radius 1 is 1.53 bits per heavy atom. The van der Waals surface area contributed by atoms with Gasteiger partial charge in [0.15, 0.2) is 0 Å². The summed E-state index contributed by atoms with van der Waals surface area (Å²) in [5.74, 6) is -1.29. The molecule has 2 heterocycles. The lowest BCUT2D eigenvalue weighted by Gasteiger charge is -2.24. The van der Waals surface area contributed by atoms with Crippen molar-refractivity contribution in [3.8, 4) is 0 Å². The molecule has 0 saturated carbocycles. The minimum absolute atomic E-state index is 0.202. The van der Waals surface area contributed by atoms with Crippen molar-refractivity contribution in [3.05, 3.63) is 18.2 Å². The summed E-state index contributed by atoms with van der Waals surface area (Å²) in [6, 6.07) is -1.21. The number of hydrogen-bond acceptors (Lipinski definition) is 4. The molecule has 0 unspecified atom stereocenters. The highest BCUT2D eigenvalue weighted by Gasteiger charge is 2.26. The maximum atomic E-state index is 12.0. The second-order valence-electron chi connectivity index (χ2n) is 4.68. The average molecular weight is 266 g/mol. The van der Waals surface area contributed by atoms with Gasteiger partial charge in [-0.1, -0.05) is 6.42 Å². The Hall–Kier alpha value is -1.89. The standard InChI is InChI=1S/C12H18N4O3/c17-11(9-3-1-2-4-14-9)16-10(12(18)19)5-8-6-13-7-15-8/h6-7,9-10,14H,1-5H2,(H,13,15)(H,16,17)(H,18,19)/t9-,10-/m0/s1. The molecule has 0 aromatic carbocycles. The fourth-order valence-corrected chi connectivity index (χ4v) is 2.16. The fraction of sp³-hybridized carbons (Fsp3) is 0.583. The van der Waals surface area contributed by atoms with E-state index in [0.29, 0.717) is 5.69 Å². The quantitative estimate of drug-likeness (QED) is 0.583. The van der Waals surface area contributed by atoms with Crippen LogP contribution in [0.1, 0.15) is 25.0 Å². The van der Waals surface area contributed by atoms with Crippen LogP contribution in [0.2, 0.25) is 0 Å². The van der Waals surface area contributed by atoms with Crippen LogP contribution in [0.25, 0.3) is 0 Å². The molecule has 7 heteroatoms. The lowest BCUT2D eigenvalue weighted by molar-refractivity contribution is -0.142. The number of carbonyl (C=O) groups excluding carboxylic acids is 1. The Morgan fingerprint density at radius 2 is 2.37 bits per heavy atom. The predicted molar refractivity (Wildman–Crippen MR) is 67.5 cm³/mol. The van der Waals surface area contributed by atoms with Gasteiger partial charge in [0.2, 0.25) is 5.91 Å². The molecule has 1 amide bonds. The predicted octanol–water partition coefficient (Wildman–Crippen LogP) is -0.336. The van der Waals surface area contributed by atoms with E-state index >= 15 is 0 Å². The third-order valence-corrected chi connectivity index (χ3v) is 3.22. The summed E-state index contributed by atoms with van der Waals surface area (Å²) in [4.78, 5) is 29.8. The highest BCUT2D eigenvalue weighted by molar-refractivity contribution is 5.87. The molecule has 104 valence electrons. The SMILES string of the molecule is O=C(O)[C@H](Cc1cnc[nH]1)NC(=O)[C@@H]1CCCCN1. The summed E-state index contributed by atoms with van der Waals surface area (Å²) < 4.78 is 0. The van der Waals surface area contributed by atoms with E-state index in [0.717, 1.165) is 25.8 Å². The van der Waals surface area contributed by atoms with Gasteiger partial charge in [0, 0.05) is 18.3 Å². The van der Waals surface area contributed by atoms with E-state index in [1.165, 1.54) is 6.33 Å². The van der Waals surface area contributed by atoms with Gasteiger partial charge < -0.3 is 20.7 Å². The van der Waals surface area contributed by atoms with E-state index in [2.05, 4.69) is 20.6 Å². The number of aromatic nitrogens is 2. The van der Waals surface area contributed by atoms with Crippen LogP contribution in [0.4, 0.5) is 0 Å². The molecule has 0 spiro atoms. The zero-order chi connectivity index (χ0) is 13.7. The van der Waals surface area contributed by atoms with Gasteiger partial charge in [0.05, 0.1) is 12.4 Å². The highest BCUT2D eigenvalue weighted by atomic mass is 16.4. The second-order valence-corrected chi connectivity index (χ2v) is 4.68. The van der Waals surface area contributed by atoms with Crippen LogP contribution in [0.15, 0.2) is 12.5 Å². The molecular formula is C12H18N4O3. The van der Waals surface area contributed by atoms with Gasteiger partial charge in [-0.05, 0) is 19.4 Å². The molecule has 2 rings (SSSR count). The van der Waals surface area contributed by atoms with Crippen LogP contribution in [-0.4, -0.2) is 45.6 Å². The lowest BCUT2D eigenvalue weighted by Crippen LogP contribution is -2.52. The molecular weight excluding hydrogens is 248 g/mol. The Labute approximate surface area is 110 Å². The van der Waals surface area contributed by atoms with Gasteiger partial charge in [0.1, 0.15) is 6.04 Å². The molecule has 19 heavy (non-hydrogen) atoms. The summed E-state index contributed by atoms with van der Waals surface area (Å²) in [5.41, 5.74) is 0.685. The largest absolute Gasteiger partial charge is 0.480 e. The smallest absolute Gasteiger partial charge is 0.326 e. The second kappa shape index (κ2) is 6.33. The van der Waals surface area contributed by atoms with Gasteiger partial charge >= 0.3 is 5.97 Å². The Kier molecular flexibility index (Phi) is 4.51. The molecule has 2 atom stereocenters. The van der Waals surface area contributed by atoms with E-state index in [1.807, 2.05) is 0 Å². The summed E-state index contributed by atoms with van der Waals surface area (Å²) in [5, 5.41) is 14.8. The molecule has 1 aromatic rings. The molecule has 1 aliphatic heterocycles. The lowest BCUT2D eigenvalue weighted by atomic mass is 10.0. The molecule has 1 saturated heterocycles. The van der Waals surface area contributed by atoms with Crippen LogP contribution in [0.5, 0.6) is 0 Å². The van der Waals surface area contributed by atoms with E-state index in [1.54, 1.807) is 6.20 Å². The van der Waals surface area contributed by atoms with Crippen LogP contribution >= 0.6 is 0 Å². The summed E-state index contributed by atoms with van der Waals surface area (Å²) in [6.45, 7) is 0.802. The summed E-state index contributed by atoms with van der Waals surface area (Å²) in [6.07, 6.45) is 6.04. The first-order valence-electron chi connectivity index (χ1n) is 6.40. The van der Waals surface area contributed by atoms with Crippen LogP contribution in [0.3, 0.4) is 0 Å². The molecule has 0 bridgehead atoms. The van der Waals surface area contributed by atoms with Crippen LogP contribution in [-0.2, 0) is 16.0 Å². The number of carboxylic acid groups (broad SMARTS) is 1. The monoisotopic (exact) mass is 266 g/mol. The number of nitrogens with one attached hydrogen (secondary N) is 3. The number of H-pyrrole nitrogens is 1. The Bertz CT molecular complexity index is 426. The third kappa shape index (κ3) is 3.78. The number of imidazole rings is 1. The fourth-order valence-electron chi connectivity index (χ4n) is 2.16. The summed E-state index contributed by atoms with van der Waals surface area (Å²) in [7, 11) is 0. The van der Waals surface area contributed by atoms with Crippen molar-refractivity contribution >= 4 is 11.9 Å². The van der Waals surface area contributed by atoms with E-state index < -0.39 is 12.0 Å². The topological polar surface area (TPSA) is 107 Å². The van der Waals surface area contributed by atoms with Gasteiger partial charge in [0.25, 0.3) is 0 Å². The molecule has 1 aliphatic rings. The van der Waals surface area contributed by atoms with Crippen molar-refractivity contribution in [2.75, 3.05) is 6.54 Å². The highest BCUT2D eigenvalue weighted by Crippen LogP contribution is 2.08. The van der Waals surface area contributed by atoms with Crippen LogP contribution < -0.4 is 10.6 Å². The minimum Gasteiger partial charge on any atom is -0.480 e. The number of amides is 1. The number of rotatable bonds is 5. The molecule has 0 radical (unpaired) electrons. The van der Waals surface area contributed by atoms with E-state index in [-0.39, 0.29) is 18.4 Å². The molecule has 7 nitrogen and oxygen atoms in total. The number of carbonyl (C=O) groups is 2. The first-order chi connectivity index (χ1) is 9.16. The number of nitrogens with zero attached hydrogens (tertiary/aromatic N) is 1. The van der Waals surface area contributed by atoms with E-state index in [4.69, 9.17) is 5.11 Å². The number of aliphatic carboxylic acids is 1.